The smallest absolute Gasteiger partial charge is 0.163 e. The van der Waals surface area contributed by atoms with Crippen LogP contribution in [0.3, 0.4) is 0 Å². The summed E-state index contributed by atoms with van der Waals surface area (Å²) in [5.74, 6) is 2.04. The Balaban J connectivity index is 1.83. The second-order valence-electron chi connectivity index (χ2n) is 7.39. The quantitative estimate of drug-likeness (QED) is 0.678. The molecule has 1 aliphatic carbocycles. The minimum atomic E-state index is -0.321. The Labute approximate surface area is 160 Å². The second-order valence-corrected chi connectivity index (χ2v) is 7.39. The predicted molar refractivity (Wildman–Crippen MR) is 108 cm³/mol. The predicted octanol–water partition coefficient (Wildman–Crippen LogP) is 3.69. The molecule has 0 saturated heterocycles. The van der Waals surface area contributed by atoms with Crippen molar-refractivity contribution in [3.8, 4) is 11.5 Å². The van der Waals surface area contributed by atoms with Crippen molar-refractivity contribution in [2.24, 2.45) is 5.92 Å². The van der Waals surface area contributed by atoms with Gasteiger partial charge in [-0.25, -0.2) is 4.39 Å². The number of halogens is 1. The van der Waals surface area contributed by atoms with Crippen LogP contribution in [0.2, 0.25) is 0 Å². The largest absolute Gasteiger partial charge is 0.493 e. The van der Waals surface area contributed by atoms with Gasteiger partial charge in [0.25, 0.3) is 0 Å². The average molecular weight is 375 g/mol. The van der Waals surface area contributed by atoms with Crippen molar-refractivity contribution in [1.82, 2.24) is 9.88 Å². The molecule has 1 aromatic carbocycles. The fourth-order valence-corrected chi connectivity index (χ4v) is 3.83. The zero-order valence-corrected chi connectivity index (χ0v) is 16.8. The van der Waals surface area contributed by atoms with E-state index in [1.807, 2.05) is 31.1 Å². The molecule has 3 rings (SSSR count). The van der Waals surface area contributed by atoms with Crippen LogP contribution in [-0.2, 0) is 12.8 Å². The van der Waals surface area contributed by atoms with Gasteiger partial charge in [-0.15, -0.1) is 0 Å². The number of hydrogen-bond donors (Lipinski definition) is 1. The molecule has 1 unspecified atom stereocenters. The average Bonchev–Trinajstić information content (AvgIpc) is 3.02. The van der Waals surface area contributed by atoms with Crippen LogP contribution in [0, 0.1) is 5.92 Å². The van der Waals surface area contributed by atoms with Crippen LogP contribution in [0.25, 0.3) is 10.9 Å². The standard InChI is InChI=1S/C21H30FN3O2/c1-14-10-15-17(11-14)24-18-13-20(27-9-5-7-25(3)8-6-22)19(26-4)12-16(18)21(15)23-2/h12-14H,5-11H2,1-4H3,(H,23,24). The number of nitrogens with zero attached hydrogens (tertiary/aromatic N) is 2. The van der Waals surface area contributed by atoms with Crippen LogP contribution in [0.15, 0.2) is 12.1 Å². The van der Waals surface area contributed by atoms with Crippen molar-refractivity contribution in [2.45, 2.75) is 26.2 Å². The van der Waals surface area contributed by atoms with E-state index in [0.717, 1.165) is 42.4 Å². The molecule has 148 valence electrons. The Morgan fingerprint density at radius 1 is 1.26 bits per heavy atom. The lowest BCUT2D eigenvalue weighted by molar-refractivity contribution is 0.244. The van der Waals surface area contributed by atoms with E-state index in [2.05, 4.69) is 12.2 Å². The van der Waals surface area contributed by atoms with Gasteiger partial charge in [0.15, 0.2) is 11.5 Å². The first kappa shape index (κ1) is 19.7. The van der Waals surface area contributed by atoms with E-state index in [9.17, 15) is 4.39 Å². The van der Waals surface area contributed by atoms with Crippen molar-refractivity contribution < 1.29 is 13.9 Å². The van der Waals surface area contributed by atoms with Crippen molar-refractivity contribution in [2.75, 3.05) is 52.9 Å². The van der Waals surface area contributed by atoms with Gasteiger partial charge < -0.3 is 19.7 Å². The van der Waals surface area contributed by atoms with Crippen LogP contribution in [0.1, 0.15) is 24.6 Å². The molecule has 0 aliphatic heterocycles. The van der Waals surface area contributed by atoms with E-state index in [0.29, 0.717) is 30.6 Å². The summed E-state index contributed by atoms with van der Waals surface area (Å²) in [5, 5.41) is 4.43. The zero-order valence-electron chi connectivity index (χ0n) is 16.8. The Bertz CT molecular complexity index is 797. The molecule has 0 saturated carbocycles. The Kier molecular flexibility index (Phi) is 6.37. The van der Waals surface area contributed by atoms with E-state index in [1.165, 1.54) is 11.3 Å². The van der Waals surface area contributed by atoms with Gasteiger partial charge in [-0.3, -0.25) is 4.98 Å². The lowest BCUT2D eigenvalue weighted by atomic mass is 10.1. The summed E-state index contributed by atoms with van der Waals surface area (Å²) in [6.07, 6.45) is 2.90. The summed E-state index contributed by atoms with van der Waals surface area (Å²) in [6, 6.07) is 3.99. The van der Waals surface area contributed by atoms with Gasteiger partial charge in [0, 0.05) is 43.0 Å². The van der Waals surface area contributed by atoms with Gasteiger partial charge in [-0.2, -0.15) is 0 Å². The first-order valence-electron chi connectivity index (χ1n) is 9.65. The van der Waals surface area contributed by atoms with E-state index in [4.69, 9.17) is 14.5 Å². The maximum absolute atomic E-state index is 12.3. The zero-order chi connectivity index (χ0) is 19.4. The molecular weight excluding hydrogens is 345 g/mol. The number of benzene rings is 1. The number of anilines is 1. The third-order valence-corrected chi connectivity index (χ3v) is 5.21. The molecule has 0 fully saturated rings. The van der Waals surface area contributed by atoms with Crippen molar-refractivity contribution >= 4 is 16.6 Å². The van der Waals surface area contributed by atoms with Crippen molar-refractivity contribution in [3.63, 3.8) is 0 Å². The molecule has 1 aromatic heterocycles. The number of ether oxygens (including phenoxy) is 2. The van der Waals surface area contributed by atoms with Crippen LogP contribution >= 0.6 is 0 Å². The summed E-state index contributed by atoms with van der Waals surface area (Å²) in [5.41, 5.74) is 4.59. The number of alkyl halides is 1. The fraction of sp³-hybridized carbons (Fsp3) is 0.571. The number of rotatable bonds is 9. The van der Waals surface area contributed by atoms with Crippen molar-refractivity contribution in [1.29, 1.82) is 0 Å². The molecule has 1 aliphatic rings. The van der Waals surface area contributed by atoms with E-state index in [1.54, 1.807) is 7.11 Å². The summed E-state index contributed by atoms with van der Waals surface area (Å²) in [4.78, 5) is 6.87. The molecule has 1 atom stereocenters. The Morgan fingerprint density at radius 2 is 2.07 bits per heavy atom. The number of methoxy groups -OCH3 is 1. The summed E-state index contributed by atoms with van der Waals surface area (Å²) < 4.78 is 23.9. The van der Waals surface area contributed by atoms with E-state index < -0.39 is 0 Å². The van der Waals surface area contributed by atoms with Gasteiger partial charge in [0.1, 0.15) is 6.67 Å². The molecule has 5 nitrogen and oxygen atoms in total. The maximum Gasteiger partial charge on any atom is 0.163 e. The first-order chi connectivity index (χ1) is 13.1. The van der Waals surface area contributed by atoms with Gasteiger partial charge in [-0.05, 0) is 43.9 Å². The Hall–Kier alpha value is -2.08. The third-order valence-electron chi connectivity index (χ3n) is 5.21. The minimum absolute atomic E-state index is 0.321. The van der Waals surface area contributed by atoms with E-state index in [-0.39, 0.29) is 6.67 Å². The number of fused-ring (bicyclic) bond motifs is 2. The highest BCUT2D eigenvalue weighted by molar-refractivity contribution is 5.95. The SMILES string of the molecule is CNc1c2c(nc3cc(OCCCN(C)CCF)c(OC)cc13)CC(C)C2. The number of pyridine rings is 1. The van der Waals surface area contributed by atoms with E-state index >= 15 is 0 Å². The monoisotopic (exact) mass is 375 g/mol. The lowest BCUT2D eigenvalue weighted by Gasteiger charge is -2.17. The maximum atomic E-state index is 12.3. The molecule has 2 aromatic rings. The normalized spacial score (nSPS) is 16.0. The van der Waals surface area contributed by atoms with Gasteiger partial charge in [0.2, 0.25) is 0 Å². The molecule has 27 heavy (non-hydrogen) atoms. The number of aromatic nitrogens is 1. The van der Waals surface area contributed by atoms with Crippen molar-refractivity contribution in [3.05, 3.63) is 23.4 Å². The highest BCUT2D eigenvalue weighted by Gasteiger charge is 2.24. The molecule has 0 radical (unpaired) electrons. The lowest BCUT2D eigenvalue weighted by Crippen LogP contribution is -2.23. The molecular formula is C21H30FN3O2. The topological polar surface area (TPSA) is 46.6 Å². The van der Waals surface area contributed by atoms with Crippen LogP contribution in [0.4, 0.5) is 10.1 Å². The first-order valence-corrected chi connectivity index (χ1v) is 9.65. The molecule has 0 amide bonds. The summed E-state index contributed by atoms with van der Waals surface area (Å²) in [7, 11) is 5.54. The number of nitrogens with one attached hydrogen (secondary N) is 1. The highest BCUT2D eigenvalue weighted by Crippen LogP contribution is 2.40. The Morgan fingerprint density at radius 3 is 2.78 bits per heavy atom. The van der Waals surface area contributed by atoms with Crippen LogP contribution < -0.4 is 14.8 Å². The molecule has 1 heterocycles. The molecule has 6 heteroatoms. The van der Waals surface area contributed by atoms with Crippen LogP contribution in [0.5, 0.6) is 11.5 Å². The fourth-order valence-electron chi connectivity index (χ4n) is 3.83. The molecule has 1 N–H and O–H groups in total. The molecule has 0 bridgehead atoms. The van der Waals surface area contributed by atoms with Gasteiger partial charge >= 0.3 is 0 Å². The molecule has 0 spiro atoms. The number of hydrogen-bond acceptors (Lipinski definition) is 5. The summed E-state index contributed by atoms with van der Waals surface area (Å²) >= 11 is 0. The highest BCUT2D eigenvalue weighted by atomic mass is 19.1. The van der Waals surface area contributed by atoms with Gasteiger partial charge in [0.05, 0.1) is 19.2 Å². The second kappa shape index (κ2) is 8.74. The van der Waals surface area contributed by atoms with Gasteiger partial charge in [-0.1, -0.05) is 6.92 Å². The minimum Gasteiger partial charge on any atom is -0.493 e. The van der Waals surface area contributed by atoms with Crippen LogP contribution in [-0.4, -0.2) is 57.5 Å². The third kappa shape index (κ3) is 4.26. The summed E-state index contributed by atoms with van der Waals surface area (Å²) in [6.45, 7) is 3.76.